The predicted octanol–water partition coefficient (Wildman–Crippen LogP) is 11.1. The molecule has 0 atom stereocenters. The molecule has 0 N–H and O–H groups in total. The van der Waals surface area contributed by atoms with Gasteiger partial charge in [-0.2, -0.15) is 0 Å². The third-order valence-electron chi connectivity index (χ3n) is 9.70. The summed E-state index contributed by atoms with van der Waals surface area (Å²) in [4.78, 5) is 10.7. The molecule has 3 aromatic heterocycles. The lowest BCUT2D eigenvalue weighted by Crippen LogP contribution is -2.04. The zero-order valence-electron chi connectivity index (χ0n) is 24.5. The second kappa shape index (κ2) is 8.68. The Morgan fingerprint density at radius 1 is 0.457 bits per heavy atom. The zero-order chi connectivity index (χ0) is 29.9. The van der Waals surface area contributed by atoms with Crippen LogP contribution >= 0.6 is 0 Å². The molecule has 4 nitrogen and oxygen atoms in total. The van der Waals surface area contributed by atoms with Gasteiger partial charge in [0.1, 0.15) is 16.9 Å². The van der Waals surface area contributed by atoms with Crippen molar-refractivity contribution >= 4 is 65.6 Å². The van der Waals surface area contributed by atoms with Crippen LogP contribution in [0.2, 0.25) is 0 Å². The normalized spacial score (nSPS) is 12.3. The van der Waals surface area contributed by atoms with E-state index in [1.54, 1.807) is 0 Å². The van der Waals surface area contributed by atoms with E-state index in [1.807, 2.05) is 30.3 Å². The summed E-state index contributed by atoms with van der Waals surface area (Å²) >= 11 is 0. The number of hydrogen-bond donors (Lipinski definition) is 0. The summed E-state index contributed by atoms with van der Waals surface area (Å²) < 4.78 is 9.17. The first-order valence-corrected chi connectivity index (χ1v) is 15.6. The molecular weight excluding hydrogens is 562 g/mol. The van der Waals surface area contributed by atoms with Crippen LogP contribution in [0.5, 0.6) is 0 Å². The van der Waals surface area contributed by atoms with E-state index < -0.39 is 0 Å². The van der Waals surface area contributed by atoms with Crippen LogP contribution in [0.1, 0.15) is 0 Å². The molecule has 0 bridgehead atoms. The molecule has 10 aromatic rings. The maximum Gasteiger partial charge on any atom is 0.165 e. The highest BCUT2D eigenvalue weighted by Crippen LogP contribution is 2.53. The molecule has 0 saturated carbocycles. The minimum Gasteiger partial charge on any atom is -0.455 e. The standard InChI is InChI=1S/C42H23N3O/c1-2-12-24(13-3-1)39-42(44-32-21-8-7-20-31(32)43-39)45-33-22-11-18-28-26-15-5-4-14-25(26)27-17-10-19-30-35(27)38(36(28)33)40(45)37-29-16-6-9-23-34(29)46-41(30)37/h1-23H. The summed E-state index contributed by atoms with van der Waals surface area (Å²) in [6.45, 7) is 0. The Bertz CT molecular complexity index is 2910. The average Bonchev–Trinajstić information content (AvgIpc) is 3.64. The number of aromatic nitrogens is 3. The summed E-state index contributed by atoms with van der Waals surface area (Å²) in [7, 11) is 0. The Kier molecular flexibility index (Phi) is 4.55. The lowest BCUT2D eigenvalue weighted by molar-refractivity contribution is 0.673. The molecule has 0 aliphatic heterocycles. The molecule has 1 aliphatic rings. The Hall–Kier alpha value is -6.26. The molecule has 3 heterocycles. The number of para-hydroxylation sites is 3. The quantitative estimate of drug-likeness (QED) is 0.203. The van der Waals surface area contributed by atoms with Crippen molar-refractivity contribution in [1.29, 1.82) is 0 Å². The van der Waals surface area contributed by atoms with E-state index in [0.29, 0.717) is 0 Å². The van der Waals surface area contributed by atoms with Crippen LogP contribution in [0.4, 0.5) is 0 Å². The molecule has 11 rings (SSSR count). The largest absolute Gasteiger partial charge is 0.455 e. The van der Waals surface area contributed by atoms with E-state index in [-0.39, 0.29) is 0 Å². The second-order valence-electron chi connectivity index (χ2n) is 12.1. The number of rotatable bonds is 2. The molecule has 0 radical (unpaired) electrons. The fourth-order valence-corrected chi connectivity index (χ4v) is 7.86. The van der Waals surface area contributed by atoms with Gasteiger partial charge in [0, 0.05) is 32.5 Å². The summed E-state index contributed by atoms with van der Waals surface area (Å²) in [5, 5.41) is 6.96. The van der Waals surface area contributed by atoms with Gasteiger partial charge < -0.3 is 4.42 Å². The van der Waals surface area contributed by atoms with Crippen molar-refractivity contribution in [2.45, 2.75) is 0 Å². The van der Waals surface area contributed by atoms with Crippen molar-refractivity contribution in [3.8, 4) is 39.3 Å². The SMILES string of the molecule is c1ccc(-c2nc3ccccc3nc2-n2c3cccc4c3c3c5c(cccc5c5oc6ccccc6c5c32)-c2ccccc2-4)cc1. The Morgan fingerprint density at radius 3 is 1.91 bits per heavy atom. The molecule has 7 aromatic carbocycles. The number of benzene rings is 7. The van der Waals surface area contributed by atoms with Crippen LogP contribution < -0.4 is 0 Å². The van der Waals surface area contributed by atoms with E-state index in [1.165, 1.54) is 38.4 Å². The summed E-state index contributed by atoms with van der Waals surface area (Å²) in [5.41, 5.74) is 12.4. The molecule has 0 unspecified atom stereocenters. The fourth-order valence-electron chi connectivity index (χ4n) is 7.86. The monoisotopic (exact) mass is 585 g/mol. The maximum absolute atomic E-state index is 6.80. The highest BCUT2D eigenvalue weighted by molar-refractivity contribution is 6.40. The number of hydrogen-bond acceptors (Lipinski definition) is 3. The van der Waals surface area contributed by atoms with Crippen molar-refractivity contribution in [3.05, 3.63) is 140 Å². The minimum atomic E-state index is 0.805. The van der Waals surface area contributed by atoms with E-state index in [9.17, 15) is 0 Å². The average molecular weight is 586 g/mol. The molecule has 4 heteroatoms. The van der Waals surface area contributed by atoms with Gasteiger partial charge in [-0.25, -0.2) is 9.97 Å². The number of furan rings is 1. The lowest BCUT2D eigenvalue weighted by Gasteiger charge is -2.16. The lowest BCUT2D eigenvalue weighted by atomic mass is 9.92. The molecule has 0 amide bonds. The molecule has 0 spiro atoms. The fraction of sp³-hybridized carbons (Fsp3) is 0. The summed E-state index contributed by atoms with van der Waals surface area (Å²) in [5.74, 6) is 0.805. The molecule has 0 fully saturated rings. The van der Waals surface area contributed by atoms with E-state index >= 15 is 0 Å². The second-order valence-corrected chi connectivity index (χ2v) is 12.1. The van der Waals surface area contributed by atoms with Crippen molar-refractivity contribution in [2.75, 3.05) is 0 Å². The molecule has 1 aliphatic carbocycles. The maximum atomic E-state index is 6.80. The van der Waals surface area contributed by atoms with Crippen molar-refractivity contribution in [2.24, 2.45) is 0 Å². The molecular formula is C42H23N3O. The molecule has 212 valence electrons. The van der Waals surface area contributed by atoms with Crippen LogP contribution in [-0.4, -0.2) is 14.5 Å². The van der Waals surface area contributed by atoms with Gasteiger partial charge in [0.05, 0.1) is 27.5 Å². The van der Waals surface area contributed by atoms with Crippen LogP contribution in [0.15, 0.2) is 144 Å². The van der Waals surface area contributed by atoms with Crippen LogP contribution in [0.3, 0.4) is 0 Å². The van der Waals surface area contributed by atoms with Crippen molar-refractivity contribution in [1.82, 2.24) is 14.5 Å². The van der Waals surface area contributed by atoms with Gasteiger partial charge in [-0.15, -0.1) is 0 Å². The first-order chi connectivity index (χ1) is 22.8. The molecule has 0 saturated heterocycles. The first-order valence-electron chi connectivity index (χ1n) is 15.6. The van der Waals surface area contributed by atoms with Crippen LogP contribution in [0, 0.1) is 0 Å². The van der Waals surface area contributed by atoms with Crippen molar-refractivity contribution in [3.63, 3.8) is 0 Å². The highest BCUT2D eigenvalue weighted by atomic mass is 16.3. The Morgan fingerprint density at radius 2 is 1.09 bits per heavy atom. The van der Waals surface area contributed by atoms with Gasteiger partial charge >= 0.3 is 0 Å². The smallest absolute Gasteiger partial charge is 0.165 e. The van der Waals surface area contributed by atoms with E-state index in [2.05, 4.69) is 114 Å². The van der Waals surface area contributed by atoms with E-state index in [4.69, 9.17) is 14.4 Å². The summed E-state index contributed by atoms with van der Waals surface area (Å²) in [6, 6.07) is 49.1. The van der Waals surface area contributed by atoms with Crippen molar-refractivity contribution < 1.29 is 4.42 Å². The number of fused-ring (bicyclic) bond motifs is 9. The van der Waals surface area contributed by atoms with Crippen LogP contribution in [-0.2, 0) is 0 Å². The van der Waals surface area contributed by atoms with Crippen LogP contribution in [0.25, 0.3) is 105 Å². The predicted molar refractivity (Wildman–Crippen MR) is 189 cm³/mol. The number of nitrogens with zero attached hydrogens (tertiary/aromatic N) is 3. The van der Waals surface area contributed by atoms with Gasteiger partial charge in [0.25, 0.3) is 0 Å². The summed E-state index contributed by atoms with van der Waals surface area (Å²) in [6.07, 6.45) is 0. The van der Waals surface area contributed by atoms with Gasteiger partial charge in [0.15, 0.2) is 5.82 Å². The van der Waals surface area contributed by atoms with E-state index in [0.717, 1.165) is 66.5 Å². The topological polar surface area (TPSA) is 43.9 Å². The Labute approximate surface area is 262 Å². The third-order valence-corrected chi connectivity index (χ3v) is 9.70. The minimum absolute atomic E-state index is 0.805. The first kappa shape index (κ1) is 24.1. The van der Waals surface area contributed by atoms with Gasteiger partial charge in [-0.3, -0.25) is 4.57 Å². The third kappa shape index (κ3) is 2.98. The Balaban J connectivity index is 1.48. The highest BCUT2D eigenvalue weighted by Gasteiger charge is 2.30. The molecule has 46 heavy (non-hydrogen) atoms. The van der Waals surface area contributed by atoms with Gasteiger partial charge in [-0.1, -0.05) is 115 Å². The van der Waals surface area contributed by atoms with Gasteiger partial charge in [-0.05, 0) is 46.5 Å². The van der Waals surface area contributed by atoms with Gasteiger partial charge in [0.2, 0.25) is 0 Å². The zero-order valence-corrected chi connectivity index (χ0v) is 24.5.